The number of aryl methyl sites for hydroxylation is 1. The summed E-state index contributed by atoms with van der Waals surface area (Å²) in [4.78, 5) is 25.0. The minimum absolute atomic E-state index is 0.0978. The molecule has 0 atom stereocenters. The van der Waals surface area contributed by atoms with Crippen molar-refractivity contribution in [2.75, 3.05) is 7.05 Å². The molecule has 1 aromatic rings. The monoisotopic (exact) mass is 321 g/mol. The van der Waals surface area contributed by atoms with Crippen LogP contribution in [0.2, 0.25) is 0 Å². The van der Waals surface area contributed by atoms with Gasteiger partial charge in [0.2, 0.25) is 5.91 Å². The Morgan fingerprint density at radius 3 is 2.48 bits per heavy atom. The van der Waals surface area contributed by atoms with E-state index in [-0.39, 0.29) is 11.5 Å². The SMILES string of the molecule is Cc1oc(CN(C)C(=O)CC2CCC(C)(C)CC2)cc1C(=O)O. The second kappa shape index (κ2) is 6.77. The summed E-state index contributed by atoms with van der Waals surface area (Å²) in [6.07, 6.45) is 5.13. The maximum Gasteiger partial charge on any atom is 0.339 e. The predicted molar refractivity (Wildman–Crippen MR) is 87.2 cm³/mol. The molecular formula is C18H27NO4. The Labute approximate surface area is 137 Å². The molecule has 1 aliphatic rings. The maximum atomic E-state index is 12.4. The van der Waals surface area contributed by atoms with E-state index in [0.29, 0.717) is 35.8 Å². The molecule has 0 radical (unpaired) electrons. The van der Waals surface area contributed by atoms with E-state index in [9.17, 15) is 9.59 Å². The molecule has 0 unspecified atom stereocenters. The van der Waals surface area contributed by atoms with Gasteiger partial charge in [-0.05, 0) is 50.0 Å². The predicted octanol–water partition coefficient (Wildman–Crippen LogP) is 3.85. The highest BCUT2D eigenvalue weighted by Crippen LogP contribution is 2.39. The Morgan fingerprint density at radius 2 is 1.96 bits per heavy atom. The number of hydrogen-bond donors (Lipinski definition) is 1. The summed E-state index contributed by atoms with van der Waals surface area (Å²) in [7, 11) is 1.74. The zero-order valence-electron chi connectivity index (χ0n) is 14.5. The van der Waals surface area contributed by atoms with Crippen LogP contribution in [0.5, 0.6) is 0 Å². The number of amides is 1. The van der Waals surface area contributed by atoms with Gasteiger partial charge in [0.15, 0.2) is 0 Å². The molecule has 23 heavy (non-hydrogen) atoms. The fourth-order valence-electron chi connectivity index (χ4n) is 3.22. The standard InChI is InChI=1S/C18H27NO4/c1-12-15(17(21)22)10-14(23-12)11-19(4)16(20)9-13-5-7-18(2,3)8-6-13/h10,13H,5-9,11H2,1-4H3,(H,21,22). The molecule has 5 nitrogen and oxygen atoms in total. The van der Waals surface area contributed by atoms with Crippen LogP contribution in [0.4, 0.5) is 0 Å². The summed E-state index contributed by atoms with van der Waals surface area (Å²) in [5.41, 5.74) is 0.569. The Balaban J connectivity index is 1.88. The largest absolute Gasteiger partial charge is 0.478 e. The van der Waals surface area contributed by atoms with Gasteiger partial charge < -0.3 is 14.4 Å². The van der Waals surface area contributed by atoms with Crippen molar-refractivity contribution in [3.63, 3.8) is 0 Å². The smallest absolute Gasteiger partial charge is 0.339 e. The molecule has 5 heteroatoms. The lowest BCUT2D eigenvalue weighted by atomic mass is 9.72. The van der Waals surface area contributed by atoms with Crippen LogP contribution < -0.4 is 0 Å². The molecule has 1 heterocycles. The molecule has 1 amide bonds. The van der Waals surface area contributed by atoms with Crippen LogP contribution in [0.25, 0.3) is 0 Å². The normalized spacial score (nSPS) is 17.9. The highest BCUT2D eigenvalue weighted by atomic mass is 16.4. The van der Waals surface area contributed by atoms with Crippen LogP contribution in [0.15, 0.2) is 10.5 Å². The topological polar surface area (TPSA) is 70.8 Å². The number of carboxylic acids is 1. The van der Waals surface area contributed by atoms with E-state index in [1.165, 1.54) is 18.9 Å². The number of hydrogen-bond acceptors (Lipinski definition) is 3. The quantitative estimate of drug-likeness (QED) is 0.894. The van der Waals surface area contributed by atoms with Gasteiger partial charge in [0.25, 0.3) is 0 Å². The lowest BCUT2D eigenvalue weighted by Crippen LogP contribution is -2.30. The highest BCUT2D eigenvalue weighted by Gasteiger charge is 2.28. The van der Waals surface area contributed by atoms with E-state index in [2.05, 4.69) is 13.8 Å². The van der Waals surface area contributed by atoms with Gasteiger partial charge in [-0.2, -0.15) is 0 Å². The number of carbonyl (C=O) groups excluding carboxylic acids is 1. The van der Waals surface area contributed by atoms with E-state index >= 15 is 0 Å². The van der Waals surface area contributed by atoms with Crippen LogP contribution in [0, 0.1) is 18.3 Å². The summed E-state index contributed by atoms with van der Waals surface area (Å²) in [6, 6.07) is 1.50. The van der Waals surface area contributed by atoms with Crippen LogP contribution in [-0.2, 0) is 11.3 Å². The number of nitrogens with zero attached hydrogens (tertiary/aromatic N) is 1. The molecule has 1 aliphatic carbocycles. The van der Waals surface area contributed by atoms with Gasteiger partial charge in [-0.3, -0.25) is 4.79 Å². The molecule has 1 fully saturated rings. The van der Waals surface area contributed by atoms with Crippen LogP contribution in [0.1, 0.15) is 67.8 Å². The average molecular weight is 321 g/mol. The van der Waals surface area contributed by atoms with Gasteiger partial charge in [0, 0.05) is 13.5 Å². The molecule has 128 valence electrons. The van der Waals surface area contributed by atoms with Gasteiger partial charge in [-0.25, -0.2) is 4.79 Å². The van der Waals surface area contributed by atoms with Crippen LogP contribution in [-0.4, -0.2) is 28.9 Å². The molecule has 0 saturated heterocycles. The average Bonchev–Trinajstić information content (AvgIpc) is 2.82. The molecule has 1 N–H and O–H groups in total. The first-order valence-corrected chi connectivity index (χ1v) is 8.24. The maximum absolute atomic E-state index is 12.4. The van der Waals surface area contributed by atoms with Gasteiger partial charge >= 0.3 is 5.97 Å². The number of furan rings is 1. The van der Waals surface area contributed by atoms with Crippen molar-refractivity contribution in [2.24, 2.45) is 11.3 Å². The molecule has 1 aromatic heterocycles. The molecule has 0 bridgehead atoms. The van der Waals surface area contributed by atoms with Gasteiger partial charge in [-0.1, -0.05) is 13.8 Å². The zero-order chi connectivity index (χ0) is 17.2. The fourth-order valence-corrected chi connectivity index (χ4v) is 3.22. The zero-order valence-corrected chi connectivity index (χ0v) is 14.5. The van der Waals surface area contributed by atoms with Gasteiger partial charge in [0.05, 0.1) is 6.54 Å². The number of aromatic carboxylic acids is 1. The van der Waals surface area contributed by atoms with Gasteiger partial charge in [0.1, 0.15) is 17.1 Å². The fraction of sp³-hybridized carbons (Fsp3) is 0.667. The minimum atomic E-state index is -1.00. The van der Waals surface area contributed by atoms with E-state index in [1.807, 2.05) is 0 Å². The van der Waals surface area contributed by atoms with Crippen LogP contribution in [0.3, 0.4) is 0 Å². The molecule has 0 aliphatic heterocycles. The van der Waals surface area contributed by atoms with Crippen molar-refractivity contribution < 1.29 is 19.1 Å². The Bertz CT molecular complexity index is 578. The Kier molecular flexibility index (Phi) is 5.17. The van der Waals surface area contributed by atoms with E-state index in [0.717, 1.165) is 12.8 Å². The summed E-state index contributed by atoms with van der Waals surface area (Å²) >= 11 is 0. The van der Waals surface area contributed by atoms with Gasteiger partial charge in [-0.15, -0.1) is 0 Å². The third kappa shape index (κ3) is 4.60. The third-order valence-electron chi connectivity index (χ3n) is 4.94. The summed E-state index contributed by atoms with van der Waals surface area (Å²) in [6.45, 7) is 6.51. The lowest BCUT2D eigenvalue weighted by Gasteiger charge is -2.34. The first kappa shape index (κ1) is 17.6. The van der Waals surface area contributed by atoms with Crippen molar-refractivity contribution in [3.05, 3.63) is 23.2 Å². The highest BCUT2D eigenvalue weighted by molar-refractivity contribution is 5.88. The van der Waals surface area contributed by atoms with Crippen LogP contribution >= 0.6 is 0 Å². The third-order valence-corrected chi connectivity index (χ3v) is 4.94. The second-order valence-electron chi connectivity index (χ2n) is 7.55. The van der Waals surface area contributed by atoms with E-state index in [4.69, 9.17) is 9.52 Å². The Morgan fingerprint density at radius 1 is 1.35 bits per heavy atom. The first-order valence-electron chi connectivity index (χ1n) is 8.24. The van der Waals surface area contributed by atoms with E-state index in [1.54, 1.807) is 18.9 Å². The summed E-state index contributed by atoms with van der Waals surface area (Å²) in [5, 5.41) is 9.04. The number of rotatable bonds is 5. The molecule has 0 spiro atoms. The number of carboxylic acid groups (broad SMARTS) is 1. The van der Waals surface area contributed by atoms with Crippen molar-refractivity contribution in [2.45, 2.75) is 59.4 Å². The first-order chi connectivity index (χ1) is 10.7. The van der Waals surface area contributed by atoms with Crippen molar-refractivity contribution >= 4 is 11.9 Å². The molecular weight excluding hydrogens is 294 g/mol. The summed E-state index contributed by atoms with van der Waals surface area (Å²) in [5.74, 6) is 0.450. The summed E-state index contributed by atoms with van der Waals surface area (Å²) < 4.78 is 5.44. The van der Waals surface area contributed by atoms with Crippen molar-refractivity contribution in [1.29, 1.82) is 0 Å². The molecule has 0 aromatic carbocycles. The molecule has 2 rings (SSSR count). The van der Waals surface area contributed by atoms with Crippen molar-refractivity contribution in [1.82, 2.24) is 4.90 Å². The number of carbonyl (C=O) groups is 2. The van der Waals surface area contributed by atoms with E-state index < -0.39 is 5.97 Å². The Hall–Kier alpha value is -1.78. The lowest BCUT2D eigenvalue weighted by molar-refractivity contribution is -0.132. The molecule has 1 saturated carbocycles. The van der Waals surface area contributed by atoms with Crippen molar-refractivity contribution in [3.8, 4) is 0 Å². The second-order valence-corrected chi connectivity index (χ2v) is 7.55. The minimum Gasteiger partial charge on any atom is -0.478 e.